The Hall–Kier alpha value is -4.63. The number of anilines is 2. The highest BCUT2D eigenvalue weighted by Gasteiger charge is 2.37. The number of rotatable bonds is 8. The number of urea groups is 1. The van der Waals surface area contributed by atoms with Crippen LogP contribution in [0.5, 0.6) is 11.5 Å². The first-order valence-corrected chi connectivity index (χ1v) is 12.9. The predicted octanol–water partition coefficient (Wildman–Crippen LogP) is 5.35. The molecule has 0 atom stereocenters. The second kappa shape index (κ2) is 12.0. The Kier molecular flexibility index (Phi) is 8.55. The van der Waals surface area contributed by atoms with Gasteiger partial charge >= 0.3 is 6.03 Å². The van der Waals surface area contributed by atoms with Crippen LogP contribution in [0.2, 0.25) is 5.02 Å². The molecule has 1 aliphatic heterocycles. The lowest BCUT2D eigenvalue weighted by Crippen LogP contribution is -2.54. The third kappa shape index (κ3) is 6.50. The van der Waals surface area contributed by atoms with Crippen LogP contribution < -0.4 is 25.0 Å². The summed E-state index contributed by atoms with van der Waals surface area (Å²) in [4.78, 5) is 51.9. The van der Waals surface area contributed by atoms with Gasteiger partial charge in [-0.15, -0.1) is 0 Å². The van der Waals surface area contributed by atoms with E-state index in [2.05, 4.69) is 10.6 Å². The van der Waals surface area contributed by atoms with Gasteiger partial charge in [-0.1, -0.05) is 35.4 Å². The van der Waals surface area contributed by atoms with Crippen molar-refractivity contribution in [1.82, 2.24) is 5.32 Å². The third-order valence-electron chi connectivity index (χ3n) is 5.89. The first kappa shape index (κ1) is 28.4. The number of nitrogens with one attached hydrogen (secondary N) is 2. The molecule has 4 rings (SSSR count). The Bertz CT molecular complexity index is 1510. The van der Waals surface area contributed by atoms with E-state index in [1.165, 1.54) is 18.2 Å². The van der Waals surface area contributed by atoms with Crippen molar-refractivity contribution in [1.29, 1.82) is 0 Å². The van der Waals surface area contributed by atoms with Crippen LogP contribution in [-0.4, -0.2) is 37.0 Å². The Balaban J connectivity index is 1.59. The quantitative estimate of drug-likeness (QED) is 0.283. The van der Waals surface area contributed by atoms with Gasteiger partial charge in [-0.3, -0.25) is 19.7 Å². The van der Waals surface area contributed by atoms with Crippen LogP contribution >= 0.6 is 11.6 Å². The first-order valence-electron chi connectivity index (χ1n) is 12.5. The first-order chi connectivity index (χ1) is 19.0. The molecule has 0 unspecified atom stereocenters. The van der Waals surface area contributed by atoms with Gasteiger partial charge in [0.15, 0.2) is 18.1 Å². The van der Waals surface area contributed by atoms with Gasteiger partial charge in [-0.2, -0.15) is 0 Å². The van der Waals surface area contributed by atoms with Crippen molar-refractivity contribution < 1.29 is 28.7 Å². The zero-order valence-electron chi connectivity index (χ0n) is 22.5. The van der Waals surface area contributed by atoms with Crippen molar-refractivity contribution >= 4 is 52.8 Å². The molecule has 0 saturated carbocycles. The number of imide groups is 2. The number of carbonyl (C=O) groups is 4. The molecule has 1 saturated heterocycles. The number of nitrogens with zero attached hydrogens (tertiary/aromatic N) is 1. The summed E-state index contributed by atoms with van der Waals surface area (Å²) in [6.45, 7) is 7.33. The molecule has 1 heterocycles. The average molecular weight is 562 g/mol. The van der Waals surface area contributed by atoms with Crippen LogP contribution in [0.1, 0.15) is 29.2 Å². The van der Waals surface area contributed by atoms with E-state index >= 15 is 0 Å². The van der Waals surface area contributed by atoms with Gasteiger partial charge in [-0.25, -0.2) is 9.69 Å². The molecule has 5 amide bonds. The molecule has 2 N–H and O–H groups in total. The second-order valence-corrected chi connectivity index (χ2v) is 9.68. The predicted molar refractivity (Wildman–Crippen MR) is 153 cm³/mol. The van der Waals surface area contributed by atoms with Gasteiger partial charge in [0, 0.05) is 5.69 Å². The van der Waals surface area contributed by atoms with Crippen LogP contribution in [0.15, 0.2) is 60.2 Å². The summed E-state index contributed by atoms with van der Waals surface area (Å²) in [5.41, 5.74) is 3.85. The molecule has 0 radical (unpaired) electrons. The molecular formula is C30H28ClN3O6. The monoisotopic (exact) mass is 561 g/mol. The maximum absolute atomic E-state index is 13.3. The molecule has 0 aromatic heterocycles. The number of carbonyl (C=O) groups excluding carboxylic acids is 4. The van der Waals surface area contributed by atoms with E-state index in [1.807, 2.05) is 39.0 Å². The van der Waals surface area contributed by atoms with Gasteiger partial charge in [0.2, 0.25) is 0 Å². The van der Waals surface area contributed by atoms with E-state index in [9.17, 15) is 19.2 Å². The maximum atomic E-state index is 13.3. The number of halogens is 1. The van der Waals surface area contributed by atoms with Gasteiger partial charge in [0.25, 0.3) is 17.7 Å². The second-order valence-electron chi connectivity index (χ2n) is 9.27. The molecule has 1 fully saturated rings. The lowest BCUT2D eigenvalue weighted by atomic mass is 10.0. The number of barbiturate groups is 1. The molecule has 9 nitrogen and oxygen atoms in total. The number of aryl methyl sites for hydroxylation is 3. The molecule has 3 aromatic rings. The summed E-state index contributed by atoms with van der Waals surface area (Å²) >= 11 is 6.49. The Morgan fingerprint density at radius 1 is 0.950 bits per heavy atom. The number of benzene rings is 3. The smallest absolute Gasteiger partial charge is 0.335 e. The fourth-order valence-corrected chi connectivity index (χ4v) is 4.46. The molecule has 0 aliphatic carbocycles. The Morgan fingerprint density at radius 2 is 1.62 bits per heavy atom. The van der Waals surface area contributed by atoms with E-state index in [-0.39, 0.29) is 35.3 Å². The van der Waals surface area contributed by atoms with Crippen LogP contribution in [0.4, 0.5) is 16.2 Å². The molecule has 3 aromatic carbocycles. The van der Waals surface area contributed by atoms with E-state index in [0.717, 1.165) is 21.6 Å². The number of amides is 5. The summed E-state index contributed by atoms with van der Waals surface area (Å²) < 4.78 is 11.4. The molecule has 10 heteroatoms. The molecule has 0 bridgehead atoms. The van der Waals surface area contributed by atoms with Crippen LogP contribution in [0.3, 0.4) is 0 Å². The van der Waals surface area contributed by atoms with Crippen LogP contribution in [-0.2, 0) is 14.4 Å². The maximum Gasteiger partial charge on any atom is 0.335 e. The molecule has 0 spiro atoms. The summed E-state index contributed by atoms with van der Waals surface area (Å²) in [5, 5.41) is 5.06. The zero-order valence-corrected chi connectivity index (χ0v) is 23.2. The van der Waals surface area contributed by atoms with Gasteiger partial charge < -0.3 is 14.8 Å². The van der Waals surface area contributed by atoms with E-state index in [4.69, 9.17) is 21.1 Å². The number of hydrogen-bond acceptors (Lipinski definition) is 6. The van der Waals surface area contributed by atoms with Crippen molar-refractivity contribution in [3.8, 4) is 11.5 Å². The van der Waals surface area contributed by atoms with Crippen LogP contribution in [0, 0.1) is 20.8 Å². The number of ether oxygens (including phenoxy) is 2. The van der Waals surface area contributed by atoms with Gasteiger partial charge in [-0.05, 0) is 86.9 Å². The third-order valence-corrected chi connectivity index (χ3v) is 6.17. The lowest BCUT2D eigenvalue weighted by Gasteiger charge is -2.27. The molecular weight excluding hydrogens is 534 g/mol. The molecule has 206 valence electrons. The van der Waals surface area contributed by atoms with Crippen molar-refractivity contribution in [3.63, 3.8) is 0 Å². The van der Waals surface area contributed by atoms with Gasteiger partial charge in [0.1, 0.15) is 5.57 Å². The normalized spacial score (nSPS) is 14.3. The molecule has 1 aliphatic rings. The van der Waals surface area contributed by atoms with Crippen molar-refractivity contribution in [2.75, 3.05) is 23.4 Å². The Morgan fingerprint density at radius 3 is 2.27 bits per heavy atom. The highest BCUT2D eigenvalue weighted by Crippen LogP contribution is 2.37. The highest BCUT2D eigenvalue weighted by molar-refractivity contribution is 6.39. The van der Waals surface area contributed by atoms with Crippen LogP contribution in [0.25, 0.3) is 6.08 Å². The zero-order chi connectivity index (χ0) is 29.0. The minimum atomic E-state index is -0.835. The fraction of sp³-hybridized carbons (Fsp3) is 0.200. The summed E-state index contributed by atoms with van der Waals surface area (Å²) in [7, 11) is 0. The minimum absolute atomic E-state index is 0.104. The van der Waals surface area contributed by atoms with Crippen molar-refractivity contribution in [2.45, 2.75) is 27.7 Å². The van der Waals surface area contributed by atoms with Crippen molar-refractivity contribution in [3.05, 3.63) is 87.4 Å². The lowest BCUT2D eigenvalue weighted by molar-refractivity contribution is -0.122. The van der Waals surface area contributed by atoms with E-state index in [1.54, 1.807) is 31.2 Å². The van der Waals surface area contributed by atoms with E-state index < -0.39 is 23.8 Å². The number of hydrogen-bond donors (Lipinski definition) is 2. The molecule has 40 heavy (non-hydrogen) atoms. The standard InChI is InChI=1S/C30H28ClN3O6/c1-5-39-25-15-20(14-24(31)27(25)40-16-26(35)32-21-8-6-17(2)7-9-21)13-23-28(36)33-30(38)34(29(23)37)22-11-18(3)10-19(4)12-22/h6-15H,5,16H2,1-4H3,(H,32,35)(H,33,36,38)/b23-13+. The largest absolute Gasteiger partial charge is 0.490 e. The van der Waals surface area contributed by atoms with E-state index in [0.29, 0.717) is 16.9 Å². The average Bonchev–Trinajstić information content (AvgIpc) is 2.87. The fourth-order valence-electron chi connectivity index (χ4n) is 4.18. The SMILES string of the molecule is CCOc1cc(/C=C2\C(=O)NC(=O)N(c3cc(C)cc(C)c3)C2=O)cc(Cl)c1OCC(=O)Nc1ccc(C)cc1. The summed E-state index contributed by atoms with van der Waals surface area (Å²) in [5.74, 6) is -1.65. The van der Waals surface area contributed by atoms with Gasteiger partial charge in [0.05, 0.1) is 17.3 Å². The Labute approximate surface area is 236 Å². The highest BCUT2D eigenvalue weighted by atomic mass is 35.5. The summed E-state index contributed by atoms with van der Waals surface area (Å²) in [6, 6.07) is 14.8. The topological polar surface area (TPSA) is 114 Å². The minimum Gasteiger partial charge on any atom is -0.490 e. The summed E-state index contributed by atoms with van der Waals surface area (Å²) in [6.07, 6.45) is 1.32. The van der Waals surface area contributed by atoms with Crippen molar-refractivity contribution in [2.24, 2.45) is 0 Å².